The molecule has 2 N–H and O–H groups in total. The highest BCUT2D eigenvalue weighted by atomic mass is 32.2. The molecule has 0 aliphatic heterocycles. The lowest BCUT2D eigenvalue weighted by Gasteiger charge is -1.97. The number of carbonyl (C=O) groups is 1. The highest BCUT2D eigenvalue weighted by Gasteiger charge is 2.12. The van der Waals surface area contributed by atoms with Crippen molar-refractivity contribution in [3.63, 3.8) is 0 Å². The number of anilines is 1. The Labute approximate surface area is 162 Å². The molecule has 1 aromatic carbocycles. The molecular formula is C16H15N7O2S2. The van der Waals surface area contributed by atoms with Crippen LogP contribution in [-0.4, -0.2) is 42.0 Å². The van der Waals surface area contributed by atoms with Gasteiger partial charge in [-0.1, -0.05) is 35.2 Å². The average molecular weight is 401 g/mol. The quantitative estimate of drug-likeness (QED) is 0.453. The zero-order chi connectivity index (χ0) is 18.6. The van der Waals surface area contributed by atoms with Gasteiger partial charge in [0.15, 0.2) is 0 Å². The fraction of sp³-hybridized carbons (Fsp3) is 0.250. The predicted molar refractivity (Wildman–Crippen MR) is 102 cm³/mol. The summed E-state index contributed by atoms with van der Waals surface area (Å²) >= 11 is 2.51. The Hall–Kier alpha value is -2.79. The molecule has 27 heavy (non-hydrogen) atoms. The molecule has 0 bridgehead atoms. The van der Waals surface area contributed by atoms with Gasteiger partial charge >= 0.3 is 0 Å². The lowest BCUT2D eigenvalue weighted by atomic mass is 10.3. The van der Waals surface area contributed by atoms with Crippen LogP contribution in [0.15, 0.2) is 33.9 Å². The molecule has 11 heteroatoms. The monoisotopic (exact) mass is 401 g/mol. The number of nitrogens with one attached hydrogen (secondary N) is 2. The zero-order valence-corrected chi connectivity index (χ0v) is 15.9. The minimum Gasteiger partial charge on any atom is -0.416 e. The Kier molecular flexibility index (Phi) is 5.12. The molecule has 0 saturated carbocycles. The first kappa shape index (κ1) is 17.6. The smallest absolute Gasteiger partial charge is 0.277 e. The molecule has 0 aliphatic carbocycles. The highest BCUT2D eigenvalue weighted by Crippen LogP contribution is 2.19. The van der Waals surface area contributed by atoms with E-state index in [2.05, 4.69) is 35.7 Å². The summed E-state index contributed by atoms with van der Waals surface area (Å²) in [6.07, 6.45) is 1.24. The van der Waals surface area contributed by atoms with Crippen molar-refractivity contribution in [3.8, 4) is 0 Å². The Morgan fingerprint density at radius 1 is 1.22 bits per heavy atom. The lowest BCUT2D eigenvalue weighted by Crippen LogP contribution is -2.13. The summed E-state index contributed by atoms with van der Waals surface area (Å²) in [5.74, 6) is 1.34. The van der Waals surface area contributed by atoms with E-state index in [9.17, 15) is 4.79 Å². The molecule has 0 atom stereocenters. The Morgan fingerprint density at radius 3 is 2.93 bits per heavy atom. The number of amides is 1. The standard InChI is InChI=1S/C16H15N7O2S2/c1-9-20-22-15(27-9)19-13(24)8-26-16-23-21-14(25-16)7-6-12-17-10-4-2-3-5-11(10)18-12/h2-5H,6-8H2,1H3,(H,17,18)(H,19,22,24). The van der Waals surface area contributed by atoms with Gasteiger partial charge < -0.3 is 9.40 Å². The van der Waals surface area contributed by atoms with Crippen LogP contribution < -0.4 is 5.32 Å². The van der Waals surface area contributed by atoms with Crippen LogP contribution in [0.25, 0.3) is 11.0 Å². The van der Waals surface area contributed by atoms with Gasteiger partial charge in [0.2, 0.25) is 16.9 Å². The number of benzene rings is 1. The van der Waals surface area contributed by atoms with Crippen LogP contribution >= 0.6 is 23.1 Å². The zero-order valence-electron chi connectivity index (χ0n) is 14.3. The summed E-state index contributed by atoms with van der Waals surface area (Å²) in [7, 11) is 0. The maximum absolute atomic E-state index is 11.9. The van der Waals surface area contributed by atoms with Crippen molar-refractivity contribution in [2.75, 3.05) is 11.1 Å². The van der Waals surface area contributed by atoms with Gasteiger partial charge in [-0.05, 0) is 19.1 Å². The van der Waals surface area contributed by atoms with Gasteiger partial charge in [0.1, 0.15) is 10.8 Å². The second kappa shape index (κ2) is 7.84. The largest absolute Gasteiger partial charge is 0.416 e. The maximum atomic E-state index is 11.9. The summed E-state index contributed by atoms with van der Waals surface area (Å²) in [5, 5.41) is 20.0. The van der Waals surface area contributed by atoms with Gasteiger partial charge in [-0.2, -0.15) is 0 Å². The van der Waals surface area contributed by atoms with Gasteiger partial charge in [0, 0.05) is 12.8 Å². The first-order valence-corrected chi connectivity index (χ1v) is 9.95. The number of thioether (sulfide) groups is 1. The summed E-state index contributed by atoms with van der Waals surface area (Å²) in [4.78, 5) is 19.7. The number of fused-ring (bicyclic) bond motifs is 1. The van der Waals surface area contributed by atoms with Crippen LogP contribution in [0.2, 0.25) is 0 Å². The first-order valence-electron chi connectivity index (χ1n) is 8.14. The second-order valence-corrected chi connectivity index (χ2v) is 7.73. The second-order valence-electron chi connectivity index (χ2n) is 5.63. The fourth-order valence-corrected chi connectivity index (χ4v) is 3.57. The van der Waals surface area contributed by atoms with Gasteiger partial charge in [0.25, 0.3) is 5.22 Å². The molecule has 0 unspecified atom stereocenters. The van der Waals surface area contributed by atoms with Crippen molar-refractivity contribution < 1.29 is 9.21 Å². The van der Waals surface area contributed by atoms with Gasteiger partial charge in [-0.3, -0.25) is 10.1 Å². The number of nitrogens with zero attached hydrogens (tertiary/aromatic N) is 5. The van der Waals surface area contributed by atoms with Gasteiger partial charge in [-0.15, -0.1) is 20.4 Å². The number of carbonyl (C=O) groups excluding carboxylic acids is 1. The molecule has 9 nitrogen and oxygen atoms in total. The molecule has 4 aromatic rings. The molecular weight excluding hydrogens is 386 g/mol. The van der Waals surface area contributed by atoms with E-state index in [1.807, 2.05) is 31.2 Å². The topological polar surface area (TPSA) is 122 Å². The lowest BCUT2D eigenvalue weighted by molar-refractivity contribution is -0.113. The van der Waals surface area contributed by atoms with Crippen molar-refractivity contribution in [1.29, 1.82) is 0 Å². The molecule has 0 saturated heterocycles. The summed E-state index contributed by atoms with van der Waals surface area (Å²) in [6, 6.07) is 7.87. The van der Waals surface area contributed by atoms with E-state index in [1.54, 1.807) is 0 Å². The Balaban J connectivity index is 1.27. The first-order chi connectivity index (χ1) is 13.2. The van der Waals surface area contributed by atoms with E-state index in [0.29, 0.717) is 29.1 Å². The van der Waals surface area contributed by atoms with E-state index >= 15 is 0 Å². The molecule has 0 radical (unpaired) electrons. The number of H-pyrrole nitrogens is 1. The van der Waals surface area contributed by atoms with Crippen LogP contribution in [0.4, 0.5) is 5.13 Å². The predicted octanol–water partition coefficient (Wildman–Crippen LogP) is 2.62. The Morgan fingerprint density at radius 2 is 2.11 bits per heavy atom. The fourth-order valence-electron chi connectivity index (χ4n) is 2.38. The van der Waals surface area contributed by atoms with Crippen molar-refractivity contribution in [1.82, 2.24) is 30.4 Å². The molecule has 3 aromatic heterocycles. The number of aromatic amines is 1. The van der Waals surface area contributed by atoms with Crippen LogP contribution in [0, 0.1) is 6.92 Å². The Bertz CT molecular complexity index is 1040. The van der Waals surface area contributed by atoms with E-state index < -0.39 is 0 Å². The third kappa shape index (κ3) is 4.49. The van der Waals surface area contributed by atoms with Crippen molar-refractivity contribution in [2.45, 2.75) is 25.0 Å². The van der Waals surface area contributed by atoms with Crippen molar-refractivity contribution >= 4 is 45.2 Å². The van der Waals surface area contributed by atoms with E-state index in [1.165, 1.54) is 23.1 Å². The number of aryl methyl sites for hydroxylation is 3. The molecule has 3 heterocycles. The molecule has 0 aliphatic rings. The molecule has 0 spiro atoms. The summed E-state index contributed by atoms with van der Waals surface area (Å²) in [6.45, 7) is 1.83. The number of hydrogen-bond acceptors (Lipinski definition) is 9. The summed E-state index contributed by atoms with van der Waals surface area (Å²) < 4.78 is 5.58. The number of rotatable bonds is 7. The maximum Gasteiger partial charge on any atom is 0.277 e. The van der Waals surface area contributed by atoms with E-state index in [-0.39, 0.29) is 11.7 Å². The van der Waals surface area contributed by atoms with Crippen LogP contribution in [-0.2, 0) is 17.6 Å². The van der Waals surface area contributed by atoms with Crippen molar-refractivity contribution in [2.24, 2.45) is 0 Å². The van der Waals surface area contributed by atoms with E-state index in [4.69, 9.17) is 4.42 Å². The van der Waals surface area contributed by atoms with Crippen LogP contribution in [0.1, 0.15) is 16.7 Å². The number of imidazole rings is 1. The van der Waals surface area contributed by atoms with Gasteiger partial charge in [0.05, 0.1) is 16.8 Å². The molecule has 138 valence electrons. The molecule has 4 rings (SSSR count). The summed E-state index contributed by atoms with van der Waals surface area (Å²) in [5.41, 5.74) is 1.94. The van der Waals surface area contributed by atoms with E-state index in [0.717, 1.165) is 21.9 Å². The molecule has 1 amide bonds. The SMILES string of the molecule is Cc1nnc(NC(=O)CSc2nnc(CCc3nc4ccccc4[nH]3)o2)s1. The number of para-hydroxylation sites is 2. The number of aromatic nitrogens is 6. The van der Waals surface area contributed by atoms with Crippen LogP contribution in [0.5, 0.6) is 0 Å². The third-order valence-electron chi connectivity index (χ3n) is 3.56. The van der Waals surface area contributed by atoms with Gasteiger partial charge in [-0.25, -0.2) is 4.98 Å². The minimum absolute atomic E-state index is 0.157. The minimum atomic E-state index is -0.196. The normalized spacial score (nSPS) is 11.1. The highest BCUT2D eigenvalue weighted by molar-refractivity contribution is 7.99. The average Bonchev–Trinajstić information content (AvgIpc) is 3.37. The van der Waals surface area contributed by atoms with Crippen LogP contribution in [0.3, 0.4) is 0 Å². The number of hydrogen-bond donors (Lipinski definition) is 2. The molecule has 0 fully saturated rings. The van der Waals surface area contributed by atoms with Crippen molar-refractivity contribution in [3.05, 3.63) is 41.0 Å². The third-order valence-corrected chi connectivity index (χ3v) is 5.13.